The van der Waals surface area contributed by atoms with E-state index in [1.165, 1.54) is 0 Å². The van der Waals surface area contributed by atoms with Gasteiger partial charge in [0.2, 0.25) is 0 Å². The normalized spacial score (nSPS) is 15.3. The molecule has 1 atom stereocenters. The van der Waals surface area contributed by atoms with E-state index in [0.717, 1.165) is 0 Å². The van der Waals surface area contributed by atoms with Gasteiger partial charge >= 0.3 is 5.97 Å². The summed E-state index contributed by atoms with van der Waals surface area (Å²) in [5.41, 5.74) is -0.782. The van der Waals surface area contributed by atoms with Crippen LogP contribution < -0.4 is 0 Å². The average Bonchev–Trinajstić information content (AvgIpc) is 2.04. The van der Waals surface area contributed by atoms with E-state index in [2.05, 4.69) is 4.74 Å². The van der Waals surface area contributed by atoms with Gasteiger partial charge in [0, 0.05) is 6.42 Å². The quantitative estimate of drug-likeness (QED) is 0.582. The Morgan fingerprint density at radius 2 is 2.17 bits per heavy atom. The highest BCUT2D eigenvalue weighted by Crippen LogP contribution is 2.12. The molecule has 0 rings (SSSR count). The molecule has 4 heteroatoms. The second kappa shape index (κ2) is 5.11. The Balaban J connectivity index is 3.49. The van der Waals surface area contributed by atoms with Gasteiger partial charge < -0.3 is 14.9 Å². The molecule has 0 aliphatic rings. The number of aliphatic hydroxyl groups is 2. The minimum Gasteiger partial charge on any atom is -0.464 e. The van der Waals surface area contributed by atoms with Crippen molar-refractivity contribution in [3.05, 3.63) is 0 Å². The summed E-state index contributed by atoms with van der Waals surface area (Å²) in [5.74, 6) is -0.651. The Kier molecular flexibility index (Phi) is 4.85. The van der Waals surface area contributed by atoms with Crippen LogP contribution in [0.4, 0.5) is 0 Å². The highest BCUT2D eigenvalue weighted by Gasteiger charge is 2.17. The van der Waals surface area contributed by atoms with Gasteiger partial charge in [-0.15, -0.1) is 0 Å². The lowest BCUT2D eigenvalue weighted by atomic mass is 10.0. The van der Waals surface area contributed by atoms with Gasteiger partial charge in [0.15, 0.2) is 0 Å². The number of aliphatic hydroxyl groups excluding tert-OH is 1. The van der Waals surface area contributed by atoms with Crippen LogP contribution in [0.1, 0.15) is 26.7 Å². The molecule has 0 radical (unpaired) electrons. The molecule has 0 aliphatic heterocycles. The van der Waals surface area contributed by atoms with Gasteiger partial charge in [0.1, 0.15) is 6.61 Å². The summed E-state index contributed by atoms with van der Waals surface area (Å²) in [5, 5.41) is 17.7. The molecule has 0 aliphatic carbocycles. The Labute approximate surface area is 72.2 Å². The zero-order chi connectivity index (χ0) is 9.61. The third kappa shape index (κ3) is 5.09. The minimum atomic E-state index is -0.782. The maximum Gasteiger partial charge on any atom is 0.331 e. The van der Waals surface area contributed by atoms with Crippen molar-refractivity contribution in [2.24, 2.45) is 0 Å². The maximum atomic E-state index is 10.4. The van der Waals surface area contributed by atoms with Crippen molar-refractivity contribution in [1.82, 2.24) is 0 Å². The lowest BCUT2D eigenvalue weighted by molar-refractivity contribution is -0.148. The van der Waals surface area contributed by atoms with E-state index < -0.39 is 18.2 Å². The second-order valence-electron chi connectivity index (χ2n) is 2.98. The number of carbonyl (C=O) groups is 1. The highest BCUT2D eigenvalue weighted by atomic mass is 16.5. The van der Waals surface area contributed by atoms with Crippen LogP contribution in [0, 0.1) is 0 Å². The molecule has 2 N–H and O–H groups in total. The van der Waals surface area contributed by atoms with E-state index in [4.69, 9.17) is 5.11 Å². The average molecular weight is 176 g/mol. The molecular weight excluding hydrogens is 160 g/mol. The van der Waals surface area contributed by atoms with Crippen LogP contribution >= 0.6 is 0 Å². The number of carbonyl (C=O) groups excluding carboxylic acids is 1. The van der Waals surface area contributed by atoms with Gasteiger partial charge in [0.25, 0.3) is 0 Å². The molecule has 0 heterocycles. The predicted molar refractivity (Wildman–Crippen MR) is 43.6 cm³/mol. The molecule has 4 nitrogen and oxygen atoms in total. The second-order valence-corrected chi connectivity index (χ2v) is 2.98. The maximum absolute atomic E-state index is 10.4. The third-order valence-corrected chi connectivity index (χ3v) is 1.79. The van der Waals surface area contributed by atoms with Crippen molar-refractivity contribution >= 4 is 5.97 Å². The molecule has 12 heavy (non-hydrogen) atoms. The first kappa shape index (κ1) is 11.4. The highest BCUT2D eigenvalue weighted by molar-refractivity contribution is 5.70. The molecule has 0 bridgehead atoms. The van der Waals surface area contributed by atoms with E-state index in [1.807, 2.05) is 6.92 Å². The topological polar surface area (TPSA) is 66.8 Å². The Hall–Kier alpha value is -0.610. The number of hydrogen-bond acceptors (Lipinski definition) is 4. The van der Waals surface area contributed by atoms with Crippen LogP contribution in [0.3, 0.4) is 0 Å². The summed E-state index contributed by atoms with van der Waals surface area (Å²) in [7, 11) is 0. The van der Waals surface area contributed by atoms with Crippen molar-refractivity contribution < 1.29 is 19.7 Å². The lowest BCUT2D eigenvalue weighted by Crippen LogP contribution is -2.25. The molecule has 0 saturated carbocycles. The molecule has 0 amide bonds. The summed E-state index contributed by atoms with van der Waals surface area (Å²) in [6.07, 6.45) is 1.01. The zero-order valence-electron chi connectivity index (χ0n) is 7.54. The molecule has 0 aromatic carbocycles. The van der Waals surface area contributed by atoms with E-state index in [9.17, 15) is 9.90 Å². The number of rotatable bonds is 5. The molecule has 0 aromatic heterocycles. The van der Waals surface area contributed by atoms with Gasteiger partial charge in [-0.05, 0) is 13.3 Å². The summed E-state index contributed by atoms with van der Waals surface area (Å²) in [4.78, 5) is 10.4. The van der Waals surface area contributed by atoms with Crippen LogP contribution in [-0.4, -0.2) is 35.0 Å². The van der Waals surface area contributed by atoms with Gasteiger partial charge in [-0.1, -0.05) is 6.92 Å². The van der Waals surface area contributed by atoms with Crippen LogP contribution in [-0.2, 0) is 9.53 Å². The van der Waals surface area contributed by atoms with Crippen molar-refractivity contribution in [2.45, 2.75) is 32.3 Å². The molecule has 0 saturated heterocycles. The molecule has 0 fully saturated rings. The fraction of sp³-hybridized carbons (Fsp3) is 0.875. The minimum absolute atomic E-state index is 0.153. The lowest BCUT2D eigenvalue weighted by Gasteiger charge is -2.20. The van der Waals surface area contributed by atoms with E-state index in [-0.39, 0.29) is 6.61 Å². The van der Waals surface area contributed by atoms with Gasteiger partial charge in [0.05, 0.1) is 12.2 Å². The van der Waals surface area contributed by atoms with Crippen LogP contribution in [0.15, 0.2) is 0 Å². The summed E-state index contributed by atoms with van der Waals surface area (Å²) >= 11 is 0. The molecule has 72 valence electrons. The SMILES string of the molecule is CCC(C)(O)CCOC(=O)CO. The Bertz CT molecular complexity index is 142. The molecular formula is C8H16O4. The smallest absolute Gasteiger partial charge is 0.331 e. The summed E-state index contributed by atoms with van der Waals surface area (Å²) in [6, 6.07) is 0. The predicted octanol–water partition coefficient (Wildman–Crippen LogP) is 0.0730. The fourth-order valence-electron chi connectivity index (χ4n) is 0.607. The van der Waals surface area contributed by atoms with Crippen molar-refractivity contribution in [1.29, 1.82) is 0 Å². The zero-order valence-corrected chi connectivity index (χ0v) is 7.54. The summed E-state index contributed by atoms with van der Waals surface area (Å²) < 4.78 is 4.58. The molecule has 1 unspecified atom stereocenters. The first-order chi connectivity index (χ1) is 5.52. The number of ether oxygens (including phenoxy) is 1. The largest absolute Gasteiger partial charge is 0.464 e. The van der Waals surface area contributed by atoms with E-state index in [1.54, 1.807) is 6.92 Å². The fourth-order valence-corrected chi connectivity index (χ4v) is 0.607. The van der Waals surface area contributed by atoms with Crippen LogP contribution in [0.2, 0.25) is 0 Å². The third-order valence-electron chi connectivity index (χ3n) is 1.79. The van der Waals surface area contributed by atoms with E-state index in [0.29, 0.717) is 12.8 Å². The summed E-state index contributed by atoms with van der Waals surface area (Å²) in [6.45, 7) is 3.09. The van der Waals surface area contributed by atoms with Gasteiger partial charge in [-0.2, -0.15) is 0 Å². The molecule has 0 spiro atoms. The number of hydrogen-bond donors (Lipinski definition) is 2. The standard InChI is InChI=1S/C8H16O4/c1-3-8(2,11)4-5-12-7(10)6-9/h9,11H,3-6H2,1-2H3. The van der Waals surface area contributed by atoms with Crippen LogP contribution in [0.5, 0.6) is 0 Å². The van der Waals surface area contributed by atoms with E-state index >= 15 is 0 Å². The van der Waals surface area contributed by atoms with Crippen LogP contribution in [0.25, 0.3) is 0 Å². The van der Waals surface area contributed by atoms with Crippen molar-refractivity contribution in [3.8, 4) is 0 Å². The monoisotopic (exact) mass is 176 g/mol. The van der Waals surface area contributed by atoms with Crippen molar-refractivity contribution in [2.75, 3.05) is 13.2 Å². The van der Waals surface area contributed by atoms with Gasteiger partial charge in [-0.3, -0.25) is 0 Å². The Morgan fingerprint density at radius 1 is 1.58 bits per heavy atom. The number of esters is 1. The first-order valence-electron chi connectivity index (χ1n) is 4.00. The Morgan fingerprint density at radius 3 is 2.58 bits per heavy atom. The van der Waals surface area contributed by atoms with Crippen molar-refractivity contribution in [3.63, 3.8) is 0 Å². The molecule has 0 aromatic rings. The van der Waals surface area contributed by atoms with Gasteiger partial charge in [-0.25, -0.2) is 4.79 Å². The first-order valence-corrected chi connectivity index (χ1v) is 4.00.